The zero-order chi connectivity index (χ0) is 17.6. The Morgan fingerprint density at radius 2 is 1.84 bits per heavy atom. The van der Waals surface area contributed by atoms with Crippen molar-refractivity contribution in [3.05, 3.63) is 54.1 Å². The molecular formula is C19H21N3O2S. The molecule has 0 spiro atoms. The number of thioether (sulfide) groups is 1. The molecule has 0 N–H and O–H groups in total. The second-order valence-electron chi connectivity index (χ2n) is 5.58. The fourth-order valence-corrected chi connectivity index (χ4v) is 3.23. The van der Waals surface area contributed by atoms with Crippen molar-refractivity contribution < 1.29 is 9.47 Å². The van der Waals surface area contributed by atoms with Gasteiger partial charge in [-0.3, -0.25) is 0 Å². The maximum Gasteiger partial charge on any atom is 0.191 e. The van der Waals surface area contributed by atoms with E-state index < -0.39 is 0 Å². The lowest BCUT2D eigenvalue weighted by Crippen LogP contribution is -2.03. The summed E-state index contributed by atoms with van der Waals surface area (Å²) in [6.07, 6.45) is 0. The fraction of sp³-hybridized carbons (Fsp3) is 0.263. The second-order valence-corrected chi connectivity index (χ2v) is 6.64. The molecule has 25 heavy (non-hydrogen) atoms. The summed E-state index contributed by atoms with van der Waals surface area (Å²) >= 11 is 1.62. The SMILES string of the molecule is COc1ccccc1OCCSc1nnc(-c2cccc(C)c2)n1C. The molecule has 3 rings (SSSR count). The second kappa shape index (κ2) is 8.07. The van der Waals surface area contributed by atoms with Crippen LogP contribution in [-0.4, -0.2) is 34.2 Å². The fourth-order valence-electron chi connectivity index (χ4n) is 2.50. The molecule has 0 saturated heterocycles. The van der Waals surface area contributed by atoms with Crippen LogP contribution >= 0.6 is 11.8 Å². The Bertz CT molecular complexity index is 848. The molecule has 0 fully saturated rings. The van der Waals surface area contributed by atoms with E-state index in [0.717, 1.165) is 33.8 Å². The summed E-state index contributed by atoms with van der Waals surface area (Å²) in [7, 11) is 3.63. The highest BCUT2D eigenvalue weighted by Crippen LogP contribution is 2.27. The van der Waals surface area contributed by atoms with Gasteiger partial charge in [-0.1, -0.05) is 47.7 Å². The van der Waals surface area contributed by atoms with Crippen LogP contribution in [0.5, 0.6) is 11.5 Å². The lowest BCUT2D eigenvalue weighted by Gasteiger charge is -2.10. The summed E-state index contributed by atoms with van der Waals surface area (Å²) in [4.78, 5) is 0. The Kier molecular flexibility index (Phi) is 5.60. The van der Waals surface area contributed by atoms with Gasteiger partial charge >= 0.3 is 0 Å². The zero-order valence-electron chi connectivity index (χ0n) is 14.6. The standard InChI is InChI=1S/C19H21N3O2S/c1-14-7-6-8-15(13-14)18-20-21-19(22(18)2)25-12-11-24-17-10-5-4-9-16(17)23-3/h4-10,13H,11-12H2,1-3H3. The number of rotatable bonds is 7. The maximum absolute atomic E-state index is 5.79. The Morgan fingerprint density at radius 1 is 1.04 bits per heavy atom. The van der Waals surface area contributed by atoms with Gasteiger partial charge in [0.15, 0.2) is 22.5 Å². The van der Waals surface area contributed by atoms with Crippen molar-refractivity contribution in [2.75, 3.05) is 19.5 Å². The molecule has 1 heterocycles. The van der Waals surface area contributed by atoms with Gasteiger partial charge in [0.05, 0.1) is 13.7 Å². The number of methoxy groups -OCH3 is 1. The van der Waals surface area contributed by atoms with Gasteiger partial charge in [0.25, 0.3) is 0 Å². The molecule has 3 aromatic rings. The van der Waals surface area contributed by atoms with E-state index in [1.165, 1.54) is 5.56 Å². The summed E-state index contributed by atoms with van der Waals surface area (Å²) < 4.78 is 13.1. The van der Waals surface area contributed by atoms with Crippen molar-refractivity contribution in [2.45, 2.75) is 12.1 Å². The maximum atomic E-state index is 5.79. The van der Waals surface area contributed by atoms with Gasteiger partial charge in [0.1, 0.15) is 0 Å². The first-order valence-electron chi connectivity index (χ1n) is 8.04. The van der Waals surface area contributed by atoms with Crippen LogP contribution in [0.2, 0.25) is 0 Å². The van der Waals surface area contributed by atoms with Crippen LogP contribution in [0.4, 0.5) is 0 Å². The van der Waals surface area contributed by atoms with Crippen molar-refractivity contribution in [3.63, 3.8) is 0 Å². The van der Waals surface area contributed by atoms with E-state index in [0.29, 0.717) is 6.61 Å². The van der Waals surface area contributed by atoms with Crippen LogP contribution in [0.1, 0.15) is 5.56 Å². The largest absolute Gasteiger partial charge is 0.493 e. The molecule has 0 unspecified atom stereocenters. The number of hydrogen-bond donors (Lipinski definition) is 0. The first-order chi connectivity index (χ1) is 12.2. The number of aromatic nitrogens is 3. The predicted octanol–water partition coefficient (Wildman–Crippen LogP) is 3.97. The molecule has 0 amide bonds. The van der Waals surface area contributed by atoms with E-state index in [9.17, 15) is 0 Å². The molecule has 0 aliphatic heterocycles. The van der Waals surface area contributed by atoms with E-state index >= 15 is 0 Å². The smallest absolute Gasteiger partial charge is 0.191 e. The summed E-state index contributed by atoms with van der Waals surface area (Å²) in [6.45, 7) is 2.64. The molecule has 2 aromatic carbocycles. The van der Waals surface area contributed by atoms with Gasteiger partial charge in [-0.2, -0.15) is 0 Å². The zero-order valence-corrected chi connectivity index (χ0v) is 15.4. The molecule has 0 aliphatic rings. The van der Waals surface area contributed by atoms with E-state index in [4.69, 9.17) is 9.47 Å². The Labute approximate surface area is 152 Å². The van der Waals surface area contributed by atoms with Crippen LogP contribution in [0.15, 0.2) is 53.7 Å². The summed E-state index contributed by atoms with van der Waals surface area (Å²) in [5, 5.41) is 9.49. The molecule has 0 atom stereocenters. The van der Waals surface area contributed by atoms with E-state index in [1.54, 1.807) is 18.9 Å². The first-order valence-corrected chi connectivity index (χ1v) is 9.02. The number of nitrogens with zero attached hydrogens (tertiary/aromatic N) is 3. The molecule has 0 bridgehead atoms. The molecule has 5 nitrogen and oxygen atoms in total. The van der Waals surface area contributed by atoms with Gasteiger partial charge in [0, 0.05) is 18.4 Å². The van der Waals surface area contributed by atoms with Gasteiger partial charge in [0.2, 0.25) is 0 Å². The molecule has 0 saturated carbocycles. The number of hydrogen-bond acceptors (Lipinski definition) is 5. The average Bonchev–Trinajstić information content (AvgIpc) is 3.00. The van der Waals surface area contributed by atoms with Crippen LogP contribution in [0.3, 0.4) is 0 Å². The van der Waals surface area contributed by atoms with Crippen LogP contribution < -0.4 is 9.47 Å². The minimum atomic E-state index is 0.567. The molecule has 130 valence electrons. The third-order valence-corrected chi connectivity index (χ3v) is 4.74. The van der Waals surface area contributed by atoms with Crippen LogP contribution in [0, 0.1) is 6.92 Å². The van der Waals surface area contributed by atoms with Crippen molar-refractivity contribution in [1.29, 1.82) is 0 Å². The van der Waals surface area contributed by atoms with Crippen molar-refractivity contribution in [2.24, 2.45) is 7.05 Å². The third-order valence-electron chi connectivity index (χ3n) is 3.75. The van der Waals surface area contributed by atoms with E-state index in [2.05, 4.69) is 35.3 Å². The van der Waals surface area contributed by atoms with E-state index in [1.807, 2.05) is 41.9 Å². The highest BCUT2D eigenvalue weighted by molar-refractivity contribution is 7.99. The van der Waals surface area contributed by atoms with Gasteiger partial charge in [-0.25, -0.2) is 0 Å². The molecule has 1 aromatic heterocycles. The van der Waals surface area contributed by atoms with Crippen molar-refractivity contribution >= 4 is 11.8 Å². The highest BCUT2D eigenvalue weighted by Gasteiger charge is 2.11. The first kappa shape index (κ1) is 17.4. The lowest BCUT2D eigenvalue weighted by molar-refractivity contribution is 0.313. The molecule has 6 heteroatoms. The summed E-state index contributed by atoms with van der Waals surface area (Å²) in [5.74, 6) is 3.14. The van der Waals surface area contributed by atoms with Gasteiger partial charge < -0.3 is 14.0 Å². The van der Waals surface area contributed by atoms with Gasteiger partial charge in [-0.05, 0) is 25.1 Å². The Morgan fingerprint density at radius 3 is 2.60 bits per heavy atom. The summed E-state index contributed by atoms with van der Waals surface area (Å²) in [5.41, 5.74) is 2.28. The average molecular weight is 355 g/mol. The minimum absolute atomic E-state index is 0.567. The Hall–Kier alpha value is -2.47. The highest BCUT2D eigenvalue weighted by atomic mass is 32.2. The normalized spacial score (nSPS) is 10.7. The van der Waals surface area contributed by atoms with Crippen molar-refractivity contribution in [1.82, 2.24) is 14.8 Å². The van der Waals surface area contributed by atoms with Crippen molar-refractivity contribution in [3.8, 4) is 22.9 Å². The molecular weight excluding hydrogens is 334 g/mol. The third kappa shape index (κ3) is 4.14. The number of benzene rings is 2. The predicted molar refractivity (Wildman–Crippen MR) is 100 cm³/mol. The monoisotopic (exact) mass is 355 g/mol. The number of ether oxygens (including phenoxy) is 2. The van der Waals surface area contributed by atoms with E-state index in [-0.39, 0.29) is 0 Å². The van der Waals surface area contributed by atoms with Crippen LogP contribution in [-0.2, 0) is 7.05 Å². The summed E-state index contributed by atoms with van der Waals surface area (Å²) in [6, 6.07) is 15.9. The van der Waals surface area contributed by atoms with Crippen LogP contribution in [0.25, 0.3) is 11.4 Å². The topological polar surface area (TPSA) is 49.2 Å². The van der Waals surface area contributed by atoms with Gasteiger partial charge in [-0.15, -0.1) is 10.2 Å². The molecule has 0 radical (unpaired) electrons. The lowest BCUT2D eigenvalue weighted by atomic mass is 10.1. The Balaban J connectivity index is 1.59. The quantitative estimate of drug-likeness (QED) is 0.474. The minimum Gasteiger partial charge on any atom is -0.493 e. The number of para-hydroxylation sites is 2. The number of aryl methyl sites for hydroxylation is 1. The molecule has 0 aliphatic carbocycles.